The first-order valence-electron chi connectivity index (χ1n) is 8.69. The van der Waals surface area contributed by atoms with E-state index in [0.29, 0.717) is 17.6 Å². The first kappa shape index (κ1) is 17.4. The van der Waals surface area contributed by atoms with Gasteiger partial charge in [-0.15, -0.1) is 0 Å². The number of carbonyl (C=O) groups is 3. The fourth-order valence-corrected chi connectivity index (χ4v) is 3.65. The van der Waals surface area contributed by atoms with Gasteiger partial charge in [0.15, 0.2) is 0 Å². The fourth-order valence-electron chi connectivity index (χ4n) is 3.65. The van der Waals surface area contributed by atoms with E-state index in [9.17, 15) is 19.5 Å². The number of aliphatic hydroxyl groups excluding tert-OH is 1. The van der Waals surface area contributed by atoms with E-state index >= 15 is 0 Å². The largest absolute Gasteiger partial charge is 0.428 e. The van der Waals surface area contributed by atoms with Crippen LogP contribution in [0.3, 0.4) is 0 Å². The standard InChI is InChI=1S/C21H18O6/c1-11(8-12-5-6-14-15(9-12)19(24)26-18(14)23)21(2)7-3-4-13-16(10-21)20(25)27-17(13)22/h3-7,9-11,17,22H,8H2,1-2H3. The lowest BCUT2D eigenvalue weighted by molar-refractivity contribution is -0.149. The van der Waals surface area contributed by atoms with Crippen LogP contribution in [0.1, 0.15) is 40.1 Å². The molecule has 3 atom stereocenters. The van der Waals surface area contributed by atoms with Crippen molar-refractivity contribution in [3.63, 3.8) is 0 Å². The second-order valence-electron chi connectivity index (χ2n) is 7.32. The molecule has 0 aromatic heterocycles. The number of benzene rings is 1. The molecule has 27 heavy (non-hydrogen) atoms. The van der Waals surface area contributed by atoms with Crippen LogP contribution in [-0.4, -0.2) is 29.3 Å². The normalized spacial score (nSPS) is 27.2. The minimum Gasteiger partial charge on any atom is -0.428 e. The molecule has 1 aromatic rings. The number of esters is 3. The van der Waals surface area contributed by atoms with E-state index < -0.39 is 29.6 Å². The zero-order chi connectivity index (χ0) is 19.3. The summed E-state index contributed by atoms with van der Waals surface area (Å²) < 4.78 is 9.52. The van der Waals surface area contributed by atoms with Crippen molar-refractivity contribution in [2.24, 2.45) is 11.3 Å². The molecule has 6 heteroatoms. The molecule has 3 aliphatic rings. The van der Waals surface area contributed by atoms with Crippen molar-refractivity contribution in [3.8, 4) is 0 Å². The number of hydrogen-bond acceptors (Lipinski definition) is 6. The first-order valence-corrected chi connectivity index (χ1v) is 8.69. The molecule has 0 radical (unpaired) electrons. The Morgan fingerprint density at radius 1 is 1.15 bits per heavy atom. The third kappa shape index (κ3) is 2.82. The summed E-state index contributed by atoms with van der Waals surface area (Å²) in [7, 11) is 0. The molecule has 3 unspecified atom stereocenters. The van der Waals surface area contributed by atoms with Crippen LogP contribution in [0.25, 0.3) is 0 Å². The Kier molecular flexibility index (Phi) is 3.89. The van der Waals surface area contributed by atoms with Gasteiger partial charge in [0, 0.05) is 11.0 Å². The number of hydrogen-bond donors (Lipinski definition) is 1. The number of fused-ring (bicyclic) bond motifs is 2. The van der Waals surface area contributed by atoms with Gasteiger partial charge in [-0.2, -0.15) is 0 Å². The highest BCUT2D eigenvalue weighted by Crippen LogP contribution is 2.40. The van der Waals surface area contributed by atoms with E-state index in [0.717, 1.165) is 5.56 Å². The fraction of sp³-hybridized carbons (Fsp3) is 0.286. The topological polar surface area (TPSA) is 89.9 Å². The lowest BCUT2D eigenvalue weighted by Crippen LogP contribution is -2.23. The molecule has 6 nitrogen and oxygen atoms in total. The van der Waals surface area contributed by atoms with E-state index in [2.05, 4.69) is 4.74 Å². The zero-order valence-electron chi connectivity index (χ0n) is 14.9. The summed E-state index contributed by atoms with van der Waals surface area (Å²) in [5.74, 6) is -1.71. The second kappa shape index (κ2) is 6.03. The van der Waals surface area contributed by atoms with Crippen LogP contribution >= 0.6 is 0 Å². The average molecular weight is 366 g/mol. The van der Waals surface area contributed by atoms with Gasteiger partial charge < -0.3 is 14.6 Å². The molecule has 1 N–H and O–H groups in total. The molecule has 1 fully saturated rings. The summed E-state index contributed by atoms with van der Waals surface area (Å²) in [6.07, 6.45) is 6.71. The Morgan fingerprint density at radius 3 is 2.67 bits per heavy atom. The van der Waals surface area contributed by atoms with E-state index in [1.807, 2.05) is 38.1 Å². The van der Waals surface area contributed by atoms with Gasteiger partial charge in [0.2, 0.25) is 6.29 Å². The van der Waals surface area contributed by atoms with Gasteiger partial charge in [-0.25, -0.2) is 14.4 Å². The molecular formula is C21H18O6. The predicted octanol–water partition coefficient (Wildman–Crippen LogP) is 2.48. The lowest BCUT2D eigenvalue weighted by Gasteiger charge is -2.30. The van der Waals surface area contributed by atoms with Crippen LogP contribution in [0.4, 0.5) is 0 Å². The Bertz CT molecular complexity index is 967. The van der Waals surface area contributed by atoms with Crippen molar-refractivity contribution in [3.05, 3.63) is 70.3 Å². The number of aliphatic hydroxyl groups is 1. The Balaban J connectivity index is 1.62. The molecular weight excluding hydrogens is 348 g/mol. The summed E-state index contributed by atoms with van der Waals surface area (Å²) in [4.78, 5) is 35.4. The highest BCUT2D eigenvalue weighted by atomic mass is 16.6. The Morgan fingerprint density at radius 2 is 1.89 bits per heavy atom. The summed E-state index contributed by atoms with van der Waals surface area (Å²) in [6.45, 7) is 4.04. The summed E-state index contributed by atoms with van der Waals surface area (Å²) in [5, 5.41) is 9.84. The maximum absolute atomic E-state index is 12.0. The van der Waals surface area contributed by atoms with Crippen LogP contribution in [0, 0.1) is 11.3 Å². The number of allylic oxidation sites excluding steroid dienone is 4. The molecule has 0 spiro atoms. The van der Waals surface area contributed by atoms with Gasteiger partial charge in [0.1, 0.15) is 0 Å². The SMILES string of the molecule is CC(Cc1ccc2c(c1)C(=O)OC2=O)C1(C)C=CC=C2C(=C1)C(=O)OC2O. The van der Waals surface area contributed by atoms with Gasteiger partial charge >= 0.3 is 17.9 Å². The van der Waals surface area contributed by atoms with Crippen molar-refractivity contribution in [1.82, 2.24) is 0 Å². The summed E-state index contributed by atoms with van der Waals surface area (Å²) in [5.41, 5.74) is 1.85. The van der Waals surface area contributed by atoms with E-state index in [1.54, 1.807) is 18.2 Å². The Hall–Kier alpha value is -2.99. The molecule has 138 valence electrons. The first-order chi connectivity index (χ1) is 12.8. The highest BCUT2D eigenvalue weighted by Gasteiger charge is 2.38. The Labute approximate surface area is 155 Å². The summed E-state index contributed by atoms with van der Waals surface area (Å²) >= 11 is 0. The number of ether oxygens (including phenoxy) is 2. The van der Waals surface area contributed by atoms with Crippen LogP contribution in [0.15, 0.2) is 53.6 Å². The van der Waals surface area contributed by atoms with Crippen LogP contribution in [0.2, 0.25) is 0 Å². The van der Waals surface area contributed by atoms with Crippen LogP contribution in [0.5, 0.6) is 0 Å². The van der Waals surface area contributed by atoms with Crippen molar-refractivity contribution in [2.45, 2.75) is 26.6 Å². The molecule has 0 amide bonds. The maximum Gasteiger partial charge on any atom is 0.346 e. The lowest BCUT2D eigenvalue weighted by atomic mass is 9.74. The summed E-state index contributed by atoms with van der Waals surface area (Å²) in [6, 6.07) is 5.11. The van der Waals surface area contributed by atoms with Crippen molar-refractivity contribution >= 4 is 17.9 Å². The monoisotopic (exact) mass is 366 g/mol. The van der Waals surface area contributed by atoms with Gasteiger partial charge in [0.25, 0.3) is 0 Å². The minimum absolute atomic E-state index is 0.0608. The van der Waals surface area contributed by atoms with E-state index in [1.165, 1.54) is 0 Å². The van der Waals surface area contributed by atoms with E-state index in [4.69, 9.17) is 4.74 Å². The molecule has 4 rings (SSSR count). The third-order valence-electron chi connectivity index (χ3n) is 5.52. The molecule has 1 saturated heterocycles. The number of carbonyl (C=O) groups excluding carboxylic acids is 3. The van der Waals surface area contributed by atoms with Gasteiger partial charge in [-0.05, 0) is 30.0 Å². The average Bonchev–Trinajstić information content (AvgIpc) is 2.95. The van der Waals surface area contributed by atoms with E-state index in [-0.39, 0.29) is 17.0 Å². The van der Waals surface area contributed by atoms with Gasteiger partial charge in [0.05, 0.1) is 16.7 Å². The molecule has 0 bridgehead atoms. The zero-order valence-corrected chi connectivity index (χ0v) is 14.9. The van der Waals surface area contributed by atoms with Crippen LogP contribution in [-0.2, 0) is 20.7 Å². The molecule has 2 heterocycles. The number of rotatable bonds is 3. The highest BCUT2D eigenvalue weighted by molar-refractivity contribution is 6.14. The third-order valence-corrected chi connectivity index (χ3v) is 5.52. The van der Waals surface area contributed by atoms with Gasteiger partial charge in [-0.3, -0.25) is 0 Å². The molecule has 1 aliphatic carbocycles. The van der Waals surface area contributed by atoms with Gasteiger partial charge in [-0.1, -0.05) is 44.2 Å². The molecule has 2 aliphatic heterocycles. The minimum atomic E-state index is -1.23. The predicted molar refractivity (Wildman–Crippen MR) is 94.6 cm³/mol. The smallest absolute Gasteiger partial charge is 0.346 e. The molecule has 1 aromatic carbocycles. The molecule has 0 saturated carbocycles. The van der Waals surface area contributed by atoms with Crippen molar-refractivity contribution in [1.29, 1.82) is 0 Å². The van der Waals surface area contributed by atoms with Crippen molar-refractivity contribution in [2.75, 3.05) is 0 Å². The quantitative estimate of drug-likeness (QED) is 0.653. The van der Waals surface area contributed by atoms with Crippen LogP contribution < -0.4 is 0 Å². The maximum atomic E-state index is 12.0. The number of cyclic esters (lactones) is 3. The second-order valence-corrected chi connectivity index (χ2v) is 7.32. The van der Waals surface area contributed by atoms with Crippen molar-refractivity contribution < 1.29 is 29.0 Å².